The third kappa shape index (κ3) is 4.10. The summed E-state index contributed by atoms with van der Waals surface area (Å²) in [6.07, 6.45) is 0.870. The minimum absolute atomic E-state index is 0.0250. The minimum atomic E-state index is -0.0484. The van der Waals surface area contributed by atoms with Crippen molar-refractivity contribution < 1.29 is 19.0 Å². The zero-order valence-corrected chi connectivity index (χ0v) is 15.4. The maximum absolute atomic E-state index is 12.6. The summed E-state index contributed by atoms with van der Waals surface area (Å²) < 4.78 is 17.1. The number of likely N-dealkylation sites (N-methyl/N-ethyl adjacent to an activating group) is 1. The van der Waals surface area contributed by atoms with Gasteiger partial charge in [-0.05, 0) is 31.0 Å². The van der Waals surface area contributed by atoms with Gasteiger partial charge in [-0.1, -0.05) is 37.3 Å². The number of ether oxygens (including phenoxy) is 3. The zero-order valence-electron chi connectivity index (χ0n) is 15.4. The number of para-hydroxylation sites is 2. The van der Waals surface area contributed by atoms with Gasteiger partial charge in [0.25, 0.3) is 5.91 Å². The molecule has 0 fully saturated rings. The van der Waals surface area contributed by atoms with Crippen molar-refractivity contribution in [3.05, 3.63) is 53.6 Å². The Bertz CT molecular complexity index is 759. The Morgan fingerprint density at radius 3 is 2.62 bits per heavy atom. The summed E-state index contributed by atoms with van der Waals surface area (Å²) in [5.74, 6) is 2.20. The number of carbonyl (C=O) groups is 1. The molecule has 5 heteroatoms. The summed E-state index contributed by atoms with van der Waals surface area (Å²) in [6, 6.07) is 13.6. The molecule has 0 unspecified atom stereocenters. The molecule has 26 heavy (non-hydrogen) atoms. The van der Waals surface area contributed by atoms with Gasteiger partial charge in [-0.2, -0.15) is 0 Å². The maximum Gasteiger partial charge on any atom is 0.260 e. The second-order valence-electron chi connectivity index (χ2n) is 6.10. The molecule has 0 N–H and O–H groups in total. The first kappa shape index (κ1) is 18.1. The molecule has 0 aliphatic carbocycles. The highest BCUT2D eigenvalue weighted by Crippen LogP contribution is 2.34. The van der Waals surface area contributed by atoms with Crippen LogP contribution in [0, 0.1) is 0 Å². The first-order valence-electron chi connectivity index (χ1n) is 9.08. The summed E-state index contributed by atoms with van der Waals surface area (Å²) in [7, 11) is 0. The van der Waals surface area contributed by atoms with E-state index in [1.54, 1.807) is 4.90 Å². The van der Waals surface area contributed by atoms with Crippen LogP contribution in [0.3, 0.4) is 0 Å². The molecule has 0 atom stereocenters. The first-order chi connectivity index (χ1) is 12.7. The van der Waals surface area contributed by atoms with Crippen LogP contribution in [0.1, 0.15) is 25.0 Å². The number of aryl methyl sites for hydroxylation is 1. The Labute approximate surface area is 154 Å². The van der Waals surface area contributed by atoms with Gasteiger partial charge in [-0.25, -0.2) is 0 Å². The molecule has 0 spiro atoms. The van der Waals surface area contributed by atoms with Crippen LogP contribution in [0.25, 0.3) is 0 Å². The Hall–Kier alpha value is -2.69. The van der Waals surface area contributed by atoms with Gasteiger partial charge in [0.05, 0.1) is 0 Å². The number of carbonyl (C=O) groups excluding carboxylic acids is 1. The number of hydrogen-bond acceptors (Lipinski definition) is 4. The van der Waals surface area contributed by atoms with Crippen molar-refractivity contribution in [3.8, 4) is 17.2 Å². The van der Waals surface area contributed by atoms with Crippen molar-refractivity contribution in [2.45, 2.75) is 26.8 Å². The normalized spacial score (nSPS) is 12.5. The number of benzene rings is 2. The van der Waals surface area contributed by atoms with Gasteiger partial charge in [0.1, 0.15) is 19.0 Å². The van der Waals surface area contributed by atoms with Gasteiger partial charge in [0.15, 0.2) is 18.1 Å². The highest BCUT2D eigenvalue weighted by Gasteiger charge is 2.20. The fraction of sp³-hybridized carbons (Fsp3) is 0.381. The van der Waals surface area contributed by atoms with E-state index in [4.69, 9.17) is 14.2 Å². The molecule has 3 rings (SSSR count). The summed E-state index contributed by atoms with van der Waals surface area (Å²) in [6.45, 7) is 6.21. The zero-order chi connectivity index (χ0) is 18.4. The molecule has 1 amide bonds. The molecule has 1 heterocycles. The third-order valence-electron chi connectivity index (χ3n) is 4.45. The number of amides is 1. The van der Waals surface area contributed by atoms with E-state index in [1.807, 2.05) is 49.4 Å². The predicted molar refractivity (Wildman–Crippen MR) is 99.8 cm³/mol. The van der Waals surface area contributed by atoms with Gasteiger partial charge in [-0.15, -0.1) is 0 Å². The summed E-state index contributed by atoms with van der Waals surface area (Å²) in [5, 5.41) is 0. The van der Waals surface area contributed by atoms with Gasteiger partial charge in [-0.3, -0.25) is 4.79 Å². The molecule has 0 bridgehead atoms. The fourth-order valence-corrected chi connectivity index (χ4v) is 3.01. The molecule has 0 saturated heterocycles. The average Bonchev–Trinajstić information content (AvgIpc) is 2.70. The summed E-state index contributed by atoms with van der Waals surface area (Å²) >= 11 is 0. The molecule has 0 aromatic heterocycles. The fourth-order valence-electron chi connectivity index (χ4n) is 3.01. The molecule has 0 radical (unpaired) electrons. The third-order valence-corrected chi connectivity index (χ3v) is 4.45. The molecular formula is C21H25NO4. The predicted octanol–water partition coefficient (Wildman–Crippen LogP) is 3.45. The molecule has 5 nitrogen and oxygen atoms in total. The van der Waals surface area contributed by atoms with E-state index in [1.165, 1.54) is 0 Å². The topological polar surface area (TPSA) is 48.0 Å². The lowest BCUT2D eigenvalue weighted by Gasteiger charge is -2.25. The van der Waals surface area contributed by atoms with E-state index >= 15 is 0 Å². The number of hydrogen-bond donors (Lipinski definition) is 0. The summed E-state index contributed by atoms with van der Waals surface area (Å²) in [4.78, 5) is 14.4. The molecule has 2 aromatic carbocycles. The van der Waals surface area contributed by atoms with Crippen LogP contribution < -0.4 is 14.2 Å². The molecular weight excluding hydrogens is 330 g/mol. The van der Waals surface area contributed by atoms with Gasteiger partial charge in [0.2, 0.25) is 0 Å². The lowest BCUT2D eigenvalue weighted by Crippen LogP contribution is -2.34. The van der Waals surface area contributed by atoms with Crippen LogP contribution in [0.4, 0.5) is 0 Å². The minimum Gasteiger partial charge on any atom is -0.486 e. The number of nitrogens with zero attached hydrogens (tertiary/aromatic N) is 1. The molecule has 1 aliphatic heterocycles. The molecule has 2 aromatic rings. The highest BCUT2D eigenvalue weighted by atomic mass is 16.6. The van der Waals surface area contributed by atoms with Crippen LogP contribution in [0.5, 0.6) is 17.2 Å². The Balaban J connectivity index is 1.66. The summed E-state index contributed by atoms with van der Waals surface area (Å²) in [5.41, 5.74) is 2.05. The van der Waals surface area contributed by atoms with E-state index in [0.29, 0.717) is 26.3 Å². The maximum atomic E-state index is 12.6. The van der Waals surface area contributed by atoms with Crippen molar-refractivity contribution in [3.63, 3.8) is 0 Å². The monoisotopic (exact) mass is 355 g/mol. The van der Waals surface area contributed by atoms with E-state index in [9.17, 15) is 4.79 Å². The van der Waals surface area contributed by atoms with Crippen molar-refractivity contribution in [1.82, 2.24) is 4.90 Å². The standard InChI is InChI=1S/C21H25NO4/c1-3-16-8-5-6-10-18(16)26-15-20(23)22(4-2)14-17-9-7-11-19-21(17)25-13-12-24-19/h5-11H,3-4,12-15H2,1-2H3. The number of rotatable bonds is 7. The van der Waals surface area contributed by atoms with Crippen molar-refractivity contribution >= 4 is 5.91 Å². The Kier molecular flexibility index (Phi) is 6.00. The lowest BCUT2D eigenvalue weighted by atomic mass is 10.1. The second kappa shape index (κ2) is 8.61. The molecule has 1 aliphatic rings. The van der Waals surface area contributed by atoms with Crippen molar-refractivity contribution in [2.24, 2.45) is 0 Å². The molecule has 138 valence electrons. The van der Waals surface area contributed by atoms with Crippen LogP contribution in [-0.4, -0.2) is 37.2 Å². The van der Waals surface area contributed by atoms with Crippen LogP contribution in [0.2, 0.25) is 0 Å². The van der Waals surface area contributed by atoms with Crippen LogP contribution >= 0.6 is 0 Å². The average molecular weight is 355 g/mol. The lowest BCUT2D eigenvalue weighted by molar-refractivity contribution is -0.133. The van der Waals surface area contributed by atoms with Gasteiger partial charge < -0.3 is 19.1 Å². The number of fused-ring (bicyclic) bond motifs is 1. The highest BCUT2D eigenvalue weighted by molar-refractivity contribution is 5.78. The molecule has 0 saturated carbocycles. The van der Waals surface area contributed by atoms with E-state index in [0.717, 1.165) is 34.8 Å². The van der Waals surface area contributed by atoms with Crippen LogP contribution in [0.15, 0.2) is 42.5 Å². The van der Waals surface area contributed by atoms with E-state index < -0.39 is 0 Å². The smallest absolute Gasteiger partial charge is 0.260 e. The SMILES string of the molecule is CCc1ccccc1OCC(=O)N(CC)Cc1cccc2c1OCCO2. The van der Waals surface area contributed by atoms with Crippen LogP contribution in [-0.2, 0) is 17.8 Å². The Morgan fingerprint density at radius 1 is 1.04 bits per heavy atom. The van der Waals surface area contributed by atoms with Gasteiger partial charge >= 0.3 is 0 Å². The first-order valence-corrected chi connectivity index (χ1v) is 9.08. The second-order valence-corrected chi connectivity index (χ2v) is 6.10. The largest absolute Gasteiger partial charge is 0.486 e. The van der Waals surface area contributed by atoms with Crippen molar-refractivity contribution in [1.29, 1.82) is 0 Å². The van der Waals surface area contributed by atoms with E-state index in [2.05, 4.69) is 6.92 Å². The Morgan fingerprint density at radius 2 is 1.81 bits per heavy atom. The quantitative estimate of drug-likeness (QED) is 0.763. The van der Waals surface area contributed by atoms with Gasteiger partial charge in [0, 0.05) is 18.7 Å². The van der Waals surface area contributed by atoms with Crippen molar-refractivity contribution in [2.75, 3.05) is 26.4 Å². The van der Waals surface area contributed by atoms with E-state index in [-0.39, 0.29) is 12.5 Å².